The molecular formula is C16H23ClN2O. The Kier molecular flexibility index (Phi) is 5.86. The van der Waals surface area contributed by atoms with Gasteiger partial charge in [-0.15, -0.1) is 11.6 Å². The molecule has 1 amide bonds. The van der Waals surface area contributed by atoms with Crippen molar-refractivity contribution in [2.45, 2.75) is 38.0 Å². The van der Waals surface area contributed by atoms with Crippen LogP contribution in [0.3, 0.4) is 0 Å². The summed E-state index contributed by atoms with van der Waals surface area (Å²) in [4.78, 5) is 13.6. The molecular weight excluding hydrogens is 272 g/mol. The fourth-order valence-corrected chi connectivity index (χ4v) is 3.00. The van der Waals surface area contributed by atoms with Crippen molar-refractivity contribution in [1.29, 1.82) is 0 Å². The van der Waals surface area contributed by atoms with E-state index in [-0.39, 0.29) is 11.3 Å². The van der Waals surface area contributed by atoms with Crippen LogP contribution in [0.4, 0.5) is 5.69 Å². The van der Waals surface area contributed by atoms with Gasteiger partial charge in [-0.1, -0.05) is 25.0 Å². The van der Waals surface area contributed by atoms with Gasteiger partial charge in [0.2, 0.25) is 5.91 Å². The first-order valence-corrected chi connectivity index (χ1v) is 7.83. The number of hydrogen-bond donors (Lipinski definition) is 1. The monoisotopic (exact) mass is 294 g/mol. The van der Waals surface area contributed by atoms with Gasteiger partial charge < -0.3 is 10.2 Å². The molecule has 1 N–H and O–H groups in total. The SMILES string of the molecule is CC(=O)Nc1cccc(C(Cl)CN2CCCCCC2)c1. The minimum absolute atomic E-state index is 0.0261. The second-order valence-corrected chi connectivity index (χ2v) is 6.02. The van der Waals surface area contributed by atoms with Gasteiger partial charge in [0.15, 0.2) is 0 Å². The van der Waals surface area contributed by atoms with Crippen LogP contribution in [0.5, 0.6) is 0 Å². The normalized spacial score (nSPS) is 18.3. The standard InChI is InChI=1S/C16H23ClN2O/c1-13(20)18-15-8-6-7-14(11-15)16(17)12-19-9-4-2-3-5-10-19/h6-8,11,16H,2-5,9-10,12H2,1H3,(H,18,20). The van der Waals surface area contributed by atoms with Crippen LogP contribution >= 0.6 is 11.6 Å². The number of carbonyl (C=O) groups excluding carboxylic acids is 1. The summed E-state index contributed by atoms with van der Waals surface area (Å²) in [6.45, 7) is 4.69. The highest BCUT2D eigenvalue weighted by molar-refractivity contribution is 6.21. The Labute approximate surface area is 126 Å². The van der Waals surface area contributed by atoms with Crippen LogP contribution in [-0.2, 0) is 4.79 Å². The number of carbonyl (C=O) groups is 1. The van der Waals surface area contributed by atoms with Gasteiger partial charge in [0.25, 0.3) is 0 Å². The van der Waals surface area contributed by atoms with E-state index in [9.17, 15) is 4.79 Å². The number of amides is 1. The van der Waals surface area contributed by atoms with Crippen molar-refractivity contribution in [2.24, 2.45) is 0 Å². The second-order valence-electron chi connectivity index (χ2n) is 5.49. The third-order valence-electron chi connectivity index (χ3n) is 3.69. The molecule has 0 radical (unpaired) electrons. The molecule has 1 unspecified atom stereocenters. The summed E-state index contributed by atoms with van der Waals surface area (Å²) >= 11 is 6.55. The smallest absolute Gasteiger partial charge is 0.221 e. The highest BCUT2D eigenvalue weighted by atomic mass is 35.5. The molecule has 3 nitrogen and oxygen atoms in total. The molecule has 1 aromatic carbocycles. The van der Waals surface area contributed by atoms with E-state index in [1.807, 2.05) is 24.3 Å². The molecule has 4 heteroatoms. The minimum Gasteiger partial charge on any atom is -0.326 e. The summed E-state index contributed by atoms with van der Waals surface area (Å²) in [6.07, 6.45) is 5.22. The molecule has 0 spiro atoms. The van der Waals surface area contributed by atoms with Gasteiger partial charge in [-0.2, -0.15) is 0 Å². The van der Waals surface area contributed by atoms with Gasteiger partial charge in [0.1, 0.15) is 0 Å². The lowest BCUT2D eigenvalue weighted by molar-refractivity contribution is -0.114. The molecule has 110 valence electrons. The number of nitrogens with one attached hydrogen (secondary N) is 1. The fraction of sp³-hybridized carbons (Fsp3) is 0.562. The average molecular weight is 295 g/mol. The van der Waals surface area contributed by atoms with Gasteiger partial charge in [-0.25, -0.2) is 0 Å². The zero-order valence-corrected chi connectivity index (χ0v) is 12.8. The molecule has 1 heterocycles. The lowest BCUT2D eigenvalue weighted by Crippen LogP contribution is -2.28. The third-order valence-corrected chi connectivity index (χ3v) is 4.08. The lowest BCUT2D eigenvalue weighted by Gasteiger charge is -2.23. The van der Waals surface area contributed by atoms with Crippen molar-refractivity contribution in [2.75, 3.05) is 25.0 Å². The fourth-order valence-electron chi connectivity index (χ4n) is 2.67. The highest BCUT2D eigenvalue weighted by Crippen LogP contribution is 2.25. The molecule has 0 bridgehead atoms. The number of rotatable bonds is 4. The summed E-state index contributed by atoms with van der Waals surface area (Å²) < 4.78 is 0. The van der Waals surface area contributed by atoms with Crippen LogP contribution in [-0.4, -0.2) is 30.4 Å². The minimum atomic E-state index is -0.0548. The number of likely N-dealkylation sites (tertiary alicyclic amines) is 1. The summed E-state index contributed by atoms with van der Waals surface area (Å²) in [5.41, 5.74) is 1.89. The van der Waals surface area contributed by atoms with E-state index in [1.165, 1.54) is 32.6 Å². The van der Waals surface area contributed by atoms with Gasteiger partial charge in [0, 0.05) is 19.2 Å². The number of anilines is 1. The predicted molar refractivity (Wildman–Crippen MR) is 84.2 cm³/mol. The van der Waals surface area contributed by atoms with Crippen LogP contribution in [0, 0.1) is 0 Å². The van der Waals surface area contributed by atoms with E-state index >= 15 is 0 Å². The maximum atomic E-state index is 11.1. The summed E-state index contributed by atoms with van der Waals surface area (Å²) in [5.74, 6) is -0.0548. The Balaban J connectivity index is 1.97. The average Bonchev–Trinajstić information content (AvgIpc) is 2.67. The van der Waals surface area contributed by atoms with Crippen molar-refractivity contribution in [3.05, 3.63) is 29.8 Å². The van der Waals surface area contributed by atoms with E-state index in [0.717, 1.165) is 30.9 Å². The van der Waals surface area contributed by atoms with Crippen molar-refractivity contribution >= 4 is 23.2 Å². The second kappa shape index (κ2) is 7.65. The van der Waals surface area contributed by atoms with E-state index in [4.69, 9.17) is 11.6 Å². The molecule has 1 fully saturated rings. The molecule has 1 atom stereocenters. The number of benzene rings is 1. The third kappa shape index (κ3) is 4.80. The van der Waals surface area contributed by atoms with Gasteiger partial charge in [-0.05, 0) is 43.6 Å². The summed E-state index contributed by atoms with van der Waals surface area (Å²) in [5, 5.41) is 2.78. The van der Waals surface area contributed by atoms with Crippen molar-refractivity contribution in [1.82, 2.24) is 4.90 Å². The molecule has 0 aromatic heterocycles. The zero-order chi connectivity index (χ0) is 14.4. The van der Waals surface area contributed by atoms with Gasteiger partial charge >= 0.3 is 0 Å². The number of hydrogen-bond acceptors (Lipinski definition) is 2. The first-order chi connectivity index (χ1) is 9.65. The quantitative estimate of drug-likeness (QED) is 0.857. The van der Waals surface area contributed by atoms with Crippen LogP contribution in [0.15, 0.2) is 24.3 Å². The Bertz CT molecular complexity index is 442. The molecule has 2 rings (SSSR count). The number of nitrogens with zero attached hydrogens (tertiary/aromatic N) is 1. The van der Waals surface area contributed by atoms with Crippen molar-refractivity contribution < 1.29 is 4.79 Å². The maximum absolute atomic E-state index is 11.1. The summed E-state index contributed by atoms with van der Waals surface area (Å²) in [6, 6.07) is 7.83. The zero-order valence-electron chi connectivity index (χ0n) is 12.1. The van der Waals surface area contributed by atoms with Crippen LogP contribution < -0.4 is 5.32 Å². The van der Waals surface area contributed by atoms with E-state index < -0.39 is 0 Å². The topological polar surface area (TPSA) is 32.3 Å². The molecule has 1 aliphatic rings. The first kappa shape index (κ1) is 15.3. The predicted octanol–water partition coefficient (Wildman–Crippen LogP) is 3.80. The maximum Gasteiger partial charge on any atom is 0.221 e. The molecule has 20 heavy (non-hydrogen) atoms. The summed E-state index contributed by atoms with van der Waals surface area (Å²) in [7, 11) is 0. The van der Waals surface area contributed by atoms with Crippen molar-refractivity contribution in [3.8, 4) is 0 Å². The van der Waals surface area contributed by atoms with Gasteiger partial charge in [-0.3, -0.25) is 4.79 Å². The molecule has 0 saturated carbocycles. The highest BCUT2D eigenvalue weighted by Gasteiger charge is 2.15. The van der Waals surface area contributed by atoms with Gasteiger partial charge in [0.05, 0.1) is 5.38 Å². The van der Waals surface area contributed by atoms with Crippen molar-refractivity contribution in [3.63, 3.8) is 0 Å². The van der Waals surface area contributed by atoms with E-state index in [1.54, 1.807) is 0 Å². The van der Waals surface area contributed by atoms with E-state index in [2.05, 4.69) is 10.2 Å². The lowest BCUT2D eigenvalue weighted by atomic mass is 10.1. The number of alkyl halides is 1. The van der Waals surface area contributed by atoms with E-state index in [0.29, 0.717) is 0 Å². The number of halogens is 1. The van der Waals surface area contributed by atoms with Crippen LogP contribution in [0.1, 0.15) is 43.5 Å². The Hall–Kier alpha value is -1.06. The Morgan fingerprint density at radius 1 is 1.30 bits per heavy atom. The largest absolute Gasteiger partial charge is 0.326 e. The molecule has 1 aliphatic heterocycles. The molecule has 1 aromatic rings. The Morgan fingerprint density at radius 2 is 2.00 bits per heavy atom. The molecule has 1 saturated heterocycles. The molecule has 0 aliphatic carbocycles. The van der Waals surface area contributed by atoms with Crippen LogP contribution in [0.2, 0.25) is 0 Å². The van der Waals surface area contributed by atoms with Crippen LogP contribution in [0.25, 0.3) is 0 Å². The first-order valence-electron chi connectivity index (χ1n) is 7.39. The Morgan fingerprint density at radius 3 is 2.65 bits per heavy atom.